The first-order valence-electron chi connectivity index (χ1n) is 11.1. The molecule has 0 bridgehead atoms. The number of amides is 2. The Bertz CT molecular complexity index is 1400. The Morgan fingerprint density at radius 1 is 1.31 bits per heavy atom. The monoisotopic (exact) mass is 476 g/mol. The lowest BCUT2D eigenvalue weighted by Gasteiger charge is -2.25. The largest absolute Gasteiger partial charge is 0.497 e. The number of fused-ring (bicyclic) bond motifs is 1. The lowest BCUT2D eigenvalue weighted by atomic mass is 9.95. The number of hydrogen-bond acceptors (Lipinski definition) is 8. The summed E-state index contributed by atoms with van der Waals surface area (Å²) in [5.41, 5.74) is 0.665. The average molecular weight is 476 g/mol. The van der Waals surface area contributed by atoms with Gasteiger partial charge in [0.2, 0.25) is 0 Å². The minimum Gasteiger partial charge on any atom is -0.497 e. The zero-order valence-corrected chi connectivity index (χ0v) is 19.1. The fraction of sp³-hybridized carbons (Fsp3) is 0.250. The second kappa shape index (κ2) is 8.85. The van der Waals surface area contributed by atoms with E-state index in [4.69, 9.17) is 9.15 Å². The van der Waals surface area contributed by atoms with Crippen LogP contribution in [0.4, 0.5) is 0 Å². The van der Waals surface area contributed by atoms with Crippen LogP contribution < -0.4 is 20.7 Å². The summed E-state index contributed by atoms with van der Waals surface area (Å²) in [5, 5.41) is 22.4. The van der Waals surface area contributed by atoms with E-state index in [1.165, 1.54) is 7.11 Å². The zero-order valence-electron chi connectivity index (χ0n) is 19.1. The van der Waals surface area contributed by atoms with Gasteiger partial charge in [0.25, 0.3) is 11.8 Å². The second-order valence-corrected chi connectivity index (χ2v) is 8.10. The molecule has 180 valence electrons. The first kappa shape index (κ1) is 22.6. The lowest BCUT2D eigenvalue weighted by Crippen LogP contribution is -2.52. The average Bonchev–Trinajstić information content (AvgIpc) is 3.61. The summed E-state index contributed by atoms with van der Waals surface area (Å²) in [4.78, 5) is 30.7. The highest BCUT2D eigenvalue weighted by Gasteiger charge is 2.50. The molecule has 2 amide bonds. The number of hydrogen-bond donors (Lipinski definition) is 4. The Balaban J connectivity index is 1.48. The van der Waals surface area contributed by atoms with E-state index < -0.39 is 17.8 Å². The smallest absolute Gasteiger partial charge is 0.253 e. The number of pyridine rings is 1. The Kier molecular flexibility index (Phi) is 5.71. The van der Waals surface area contributed by atoms with Crippen molar-refractivity contribution >= 4 is 22.9 Å². The van der Waals surface area contributed by atoms with E-state index in [1.54, 1.807) is 53.5 Å². The van der Waals surface area contributed by atoms with Crippen LogP contribution in [-0.4, -0.2) is 51.7 Å². The lowest BCUT2D eigenvalue weighted by molar-refractivity contribution is -0.125. The van der Waals surface area contributed by atoms with Gasteiger partial charge in [-0.05, 0) is 42.3 Å². The summed E-state index contributed by atoms with van der Waals surface area (Å²) in [7, 11) is 1.53. The quantitative estimate of drug-likeness (QED) is 0.312. The van der Waals surface area contributed by atoms with Gasteiger partial charge in [0, 0.05) is 24.0 Å². The maximum absolute atomic E-state index is 13.1. The standard InChI is InChI=1S/C24H24N6O5/c1-3-14-5-6-15(34-2)11-16(14)21(31)25-13-24(22(32)28-23(33)29-24)19-12-17-18(35-19)7-8-20(27-17)30-10-4-9-26-30/h4-12,23,29,33H,3,13H2,1-2H3,(H,25,31)(H,28,32). The maximum atomic E-state index is 13.1. The number of aromatic nitrogens is 3. The molecule has 5 rings (SSSR count). The van der Waals surface area contributed by atoms with Crippen molar-refractivity contribution in [1.82, 2.24) is 30.7 Å². The van der Waals surface area contributed by atoms with Crippen molar-refractivity contribution < 1.29 is 23.8 Å². The summed E-state index contributed by atoms with van der Waals surface area (Å²) >= 11 is 0. The molecule has 0 aliphatic carbocycles. The van der Waals surface area contributed by atoms with Crippen LogP contribution in [0.25, 0.3) is 16.9 Å². The second-order valence-electron chi connectivity index (χ2n) is 8.10. The van der Waals surface area contributed by atoms with E-state index in [9.17, 15) is 14.7 Å². The number of furan rings is 1. The summed E-state index contributed by atoms with van der Waals surface area (Å²) in [6, 6.07) is 12.1. The van der Waals surface area contributed by atoms with E-state index in [1.807, 2.05) is 13.0 Å². The number of ether oxygens (including phenoxy) is 1. The third-order valence-corrected chi connectivity index (χ3v) is 6.01. The zero-order chi connectivity index (χ0) is 24.6. The number of carbonyl (C=O) groups excluding carboxylic acids is 2. The minimum absolute atomic E-state index is 0.180. The third kappa shape index (κ3) is 4.00. The van der Waals surface area contributed by atoms with Crippen molar-refractivity contribution in [2.24, 2.45) is 0 Å². The van der Waals surface area contributed by atoms with E-state index in [-0.39, 0.29) is 18.2 Å². The molecule has 1 aliphatic rings. The number of aliphatic hydroxyl groups excluding tert-OH is 1. The predicted molar refractivity (Wildman–Crippen MR) is 125 cm³/mol. The van der Waals surface area contributed by atoms with Crippen LogP contribution in [0.15, 0.2) is 59.3 Å². The number of nitrogens with one attached hydrogen (secondary N) is 3. The molecule has 2 atom stereocenters. The van der Waals surface area contributed by atoms with Gasteiger partial charge in [-0.2, -0.15) is 5.10 Å². The van der Waals surface area contributed by atoms with E-state index in [0.717, 1.165) is 5.56 Å². The number of methoxy groups -OCH3 is 1. The van der Waals surface area contributed by atoms with Gasteiger partial charge < -0.3 is 24.9 Å². The normalized spacial score (nSPS) is 19.6. The highest BCUT2D eigenvalue weighted by molar-refractivity contribution is 5.97. The molecule has 0 saturated carbocycles. The predicted octanol–water partition coefficient (Wildman–Crippen LogP) is 1.21. The molecule has 4 heterocycles. The fourth-order valence-electron chi connectivity index (χ4n) is 4.15. The van der Waals surface area contributed by atoms with Gasteiger partial charge in [0.15, 0.2) is 23.3 Å². The van der Waals surface area contributed by atoms with Crippen LogP contribution in [0.3, 0.4) is 0 Å². The van der Waals surface area contributed by atoms with Gasteiger partial charge >= 0.3 is 0 Å². The Morgan fingerprint density at radius 2 is 2.17 bits per heavy atom. The maximum Gasteiger partial charge on any atom is 0.253 e. The third-order valence-electron chi connectivity index (χ3n) is 6.01. The van der Waals surface area contributed by atoms with Gasteiger partial charge in [0.05, 0.1) is 13.7 Å². The van der Waals surface area contributed by atoms with Crippen molar-refractivity contribution in [2.75, 3.05) is 13.7 Å². The van der Waals surface area contributed by atoms with E-state index >= 15 is 0 Å². The van der Waals surface area contributed by atoms with Gasteiger partial charge in [-0.15, -0.1) is 0 Å². The number of carbonyl (C=O) groups is 2. The number of nitrogens with zero attached hydrogens (tertiary/aromatic N) is 3. The van der Waals surface area contributed by atoms with Gasteiger partial charge in [-0.1, -0.05) is 13.0 Å². The highest BCUT2D eigenvalue weighted by atomic mass is 16.5. The van der Waals surface area contributed by atoms with E-state index in [2.05, 4.69) is 26.0 Å². The molecule has 4 N–H and O–H groups in total. The molecule has 1 aromatic carbocycles. The van der Waals surface area contributed by atoms with Crippen LogP contribution in [-0.2, 0) is 16.8 Å². The number of rotatable bonds is 7. The Hall–Kier alpha value is -4.22. The number of aryl methyl sites for hydroxylation is 1. The van der Waals surface area contributed by atoms with Crippen molar-refractivity contribution in [3.05, 3.63) is 71.7 Å². The first-order chi connectivity index (χ1) is 16.9. The number of aliphatic hydroxyl groups is 1. The summed E-state index contributed by atoms with van der Waals surface area (Å²) in [6.45, 7) is 1.77. The molecule has 2 unspecified atom stereocenters. The van der Waals surface area contributed by atoms with Gasteiger partial charge in [-0.3, -0.25) is 14.9 Å². The molecule has 0 radical (unpaired) electrons. The fourth-order valence-corrected chi connectivity index (χ4v) is 4.15. The molecule has 35 heavy (non-hydrogen) atoms. The molecule has 1 saturated heterocycles. The first-order valence-corrected chi connectivity index (χ1v) is 11.1. The van der Waals surface area contributed by atoms with Crippen LogP contribution >= 0.6 is 0 Å². The topological polar surface area (TPSA) is 144 Å². The molecule has 11 nitrogen and oxygen atoms in total. The van der Waals surface area contributed by atoms with Crippen LogP contribution in [0, 0.1) is 0 Å². The summed E-state index contributed by atoms with van der Waals surface area (Å²) in [5.74, 6) is 0.398. The molecule has 1 aliphatic heterocycles. The summed E-state index contributed by atoms with van der Waals surface area (Å²) in [6.07, 6.45) is 2.73. The van der Waals surface area contributed by atoms with Crippen LogP contribution in [0.5, 0.6) is 5.75 Å². The minimum atomic E-state index is -1.55. The number of benzene rings is 1. The van der Waals surface area contributed by atoms with Crippen molar-refractivity contribution in [2.45, 2.75) is 25.2 Å². The molecule has 3 aromatic heterocycles. The molecule has 0 spiro atoms. The molecule has 11 heteroatoms. The molecule has 1 fully saturated rings. The Morgan fingerprint density at radius 3 is 2.86 bits per heavy atom. The van der Waals surface area contributed by atoms with Gasteiger partial charge in [-0.25, -0.2) is 9.67 Å². The van der Waals surface area contributed by atoms with E-state index in [0.29, 0.717) is 34.7 Å². The molecular weight excluding hydrogens is 452 g/mol. The SMILES string of the molecule is CCc1ccc(OC)cc1C(=O)NCC1(c2cc3nc(-n4cccn4)ccc3o2)NC(O)NC1=O. The van der Waals surface area contributed by atoms with Gasteiger partial charge in [0.1, 0.15) is 17.0 Å². The van der Waals surface area contributed by atoms with Crippen molar-refractivity contribution in [3.63, 3.8) is 0 Å². The highest BCUT2D eigenvalue weighted by Crippen LogP contribution is 2.31. The molecule has 4 aromatic rings. The summed E-state index contributed by atoms with van der Waals surface area (Å²) < 4.78 is 12.8. The Labute approximate surface area is 200 Å². The molecular formula is C24H24N6O5. The van der Waals surface area contributed by atoms with Crippen molar-refractivity contribution in [3.8, 4) is 11.6 Å². The van der Waals surface area contributed by atoms with Crippen LogP contribution in [0.2, 0.25) is 0 Å². The van der Waals surface area contributed by atoms with Crippen LogP contribution in [0.1, 0.15) is 28.6 Å². The van der Waals surface area contributed by atoms with Crippen molar-refractivity contribution in [1.29, 1.82) is 0 Å².